The van der Waals surface area contributed by atoms with Gasteiger partial charge in [0.15, 0.2) is 11.4 Å². The van der Waals surface area contributed by atoms with Gasteiger partial charge in [0.1, 0.15) is 23.5 Å². The first kappa shape index (κ1) is 14.0. The number of anilines is 1. The van der Waals surface area contributed by atoms with E-state index in [0.29, 0.717) is 30.1 Å². The number of benzene rings is 1. The van der Waals surface area contributed by atoms with Gasteiger partial charge in [-0.25, -0.2) is 9.97 Å². The topological polar surface area (TPSA) is 103 Å². The van der Waals surface area contributed by atoms with Crippen molar-refractivity contribution >= 4 is 33.8 Å². The lowest BCUT2D eigenvalue weighted by molar-refractivity contribution is -0.119. The number of fused-ring (bicyclic) bond motifs is 3. The first-order valence-electron chi connectivity index (χ1n) is 7.50. The smallest absolute Gasteiger partial charge is 0.240 e. The molecule has 1 aromatic carbocycles. The van der Waals surface area contributed by atoms with Gasteiger partial charge in [-0.05, 0) is 18.6 Å². The summed E-state index contributed by atoms with van der Waals surface area (Å²) in [6, 6.07) is 7.08. The Hall–Kier alpha value is -2.67. The minimum absolute atomic E-state index is 0.0295. The number of para-hydroxylation sites is 1. The van der Waals surface area contributed by atoms with E-state index in [1.165, 1.54) is 6.33 Å². The van der Waals surface area contributed by atoms with Crippen LogP contribution in [0.15, 0.2) is 35.0 Å². The van der Waals surface area contributed by atoms with Gasteiger partial charge in [0.05, 0.1) is 6.61 Å². The van der Waals surface area contributed by atoms with Gasteiger partial charge in [0.2, 0.25) is 5.91 Å². The van der Waals surface area contributed by atoms with E-state index in [2.05, 4.69) is 15.3 Å². The van der Waals surface area contributed by atoms with Gasteiger partial charge in [0, 0.05) is 17.9 Å². The van der Waals surface area contributed by atoms with E-state index < -0.39 is 11.9 Å². The number of hydrogen-bond acceptors (Lipinski definition) is 6. The summed E-state index contributed by atoms with van der Waals surface area (Å²) in [6.07, 6.45) is 2.24. The highest BCUT2D eigenvalue weighted by atomic mass is 16.5. The molecule has 0 saturated carbocycles. The first-order valence-corrected chi connectivity index (χ1v) is 7.50. The van der Waals surface area contributed by atoms with E-state index >= 15 is 0 Å². The SMILES string of the molecule is NC(=O)[C@@H](Nc1ncnc2c1oc1ccccc12)[C@@H]1CCOC1. The van der Waals surface area contributed by atoms with E-state index in [4.69, 9.17) is 14.9 Å². The molecule has 0 radical (unpaired) electrons. The van der Waals surface area contributed by atoms with E-state index in [1.54, 1.807) is 0 Å². The Balaban J connectivity index is 1.77. The minimum atomic E-state index is -0.552. The first-order chi connectivity index (χ1) is 11.2. The lowest BCUT2D eigenvalue weighted by Crippen LogP contribution is -2.42. The molecule has 0 bridgehead atoms. The quantitative estimate of drug-likeness (QED) is 0.759. The van der Waals surface area contributed by atoms with Crippen LogP contribution >= 0.6 is 0 Å². The van der Waals surface area contributed by atoms with Crippen LogP contribution in [0.2, 0.25) is 0 Å². The molecule has 7 nitrogen and oxygen atoms in total. The van der Waals surface area contributed by atoms with Gasteiger partial charge in [-0.3, -0.25) is 4.79 Å². The zero-order valence-corrected chi connectivity index (χ0v) is 12.4. The van der Waals surface area contributed by atoms with Crippen LogP contribution in [0.4, 0.5) is 5.82 Å². The van der Waals surface area contributed by atoms with Crippen LogP contribution in [0, 0.1) is 5.92 Å². The third-order valence-electron chi connectivity index (χ3n) is 4.19. The number of furan rings is 1. The molecular weight excluding hydrogens is 296 g/mol. The second-order valence-electron chi connectivity index (χ2n) is 5.65. The van der Waals surface area contributed by atoms with Crippen molar-refractivity contribution in [2.75, 3.05) is 18.5 Å². The number of hydrogen-bond donors (Lipinski definition) is 2. The second-order valence-corrected chi connectivity index (χ2v) is 5.65. The number of ether oxygens (including phenoxy) is 1. The van der Waals surface area contributed by atoms with Crippen molar-refractivity contribution in [2.45, 2.75) is 12.5 Å². The maximum absolute atomic E-state index is 11.8. The molecule has 3 aromatic rings. The number of carbonyl (C=O) groups excluding carboxylic acids is 1. The van der Waals surface area contributed by atoms with Gasteiger partial charge in [-0.2, -0.15) is 0 Å². The predicted octanol–water partition coefficient (Wildman–Crippen LogP) is 1.68. The normalized spacial score (nSPS) is 19.2. The van der Waals surface area contributed by atoms with Gasteiger partial charge < -0.3 is 20.2 Å². The van der Waals surface area contributed by atoms with Crippen LogP contribution in [0.5, 0.6) is 0 Å². The highest BCUT2D eigenvalue weighted by Gasteiger charge is 2.31. The molecule has 1 saturated heterocycles. The Bertz CT molecular complexity index is 870. The molecule has 1 amide bonds. The number of primary amides is 1. The zero-order chi connectivity index (χ0) is 15.8. The molecule has 1 aliphatic rings. The molecule has 0 aliphatic carbocycles. The summed E-state index contributed by atoms with van der Waals surface area (Å²) in [6.45, 7) is 1.15. The average Bonchev–Trinajstić information content (AvgIpc) is 3.20. The minimum Gasteiger partial charge on any atom is -0.450 e. The standard InChI is InChI=1S/C16H16N4O3/c17-15(21)12(9-5-6-22-7-9)20-16-14-13(18-8-19-16)10-3-1-2-4-11(10)23-14/h1-4,8-9,12H,5-7H2,(H2,17,21)(H,18,19,20)/t9-,12+/m1/s1. The molecule has 1 aliphatic heterocycles. The van der Waals surface area contributed by atoms with Crippen molar-refractivity contribution in [3.05, 3.63) is 30.6 Å². The molecule has 0 spiro atoms. The van der Waals surface area contributed by atoms with Crippen molar-refractivity contribution in [1.29, 1.82) is 0 Å². The zero-order valence-electron chi connectivity index (χ0n) is 12.4. The fourth-order valence-electron chi connectivity index (χ4n) is 3.01. The Morgan fingerprint density at radius 1 is 1.35 bits per heavy atom. The Kier molecular flexibility index (Phi) is 3.34. The van der Waals surface area contributed by atoms with Crippen molar-refractivity contribution in [3.8, 4) is 0 Å². The molecule has 0 unspecified atom stereocenters. The molecule has 23 heavy (non-hydrogen) atoms. The Morgan fingerprint density at radius 3 is 3.00 bits per heavy atom. The predicted molar refractivity (Wildman–Crippen MR) is 84.8 cm³/mol. The van der Waals surface area contributed by atoms with Crippen LogP contribution in [-0.4, -0.2) is 35.1 Å². The molecule has 118 valence electrons. The second kappa shape index (κ2) is 5.51. The summed E-state index contributed by atoms with van der Waals surface area (Å²) < 4.78 is 11.2. The highest BCUT2D eigenvalue weighted by molar-refractivity contribution is 6.05. The van der Waals surface area contributed by atoms with E-state index in [-0.39, 0.29) is 5.92 Å². The number of aromatic nitrogens is 2. The van der Waals surface area contributed by atoms with Crippen LogP contribution in [0.3, 0.4) is 0 Å². The largest absolute Gasteiger partial charge is 0.450 e. The lowest BCUT2D eigenvalue weighted by atomic mass is 9.98. The highest BCUT2D eigenvalue weighted by Crippen LogP contribution is 2.31. The molecule has 4 rings (SSSR count). The molecule has 1 fully saturated rings. The van der Waals surface area contributed by atoms with Crippen molar-refractivity contribution in [1.82, 2.24) is 9.97 Å². The number of nitrogens with two attached hydrogens (primary N) is 1. The van der Waals surface area contributed by atoms with Gasteiger partial charge in [0.25, 0.3) is 0 Å². The fraction of sp³-hybridized carbons (Fsp3) is 0.312. The summed E-state index contributed by atoms with van der Waals surface area (Å²) in [5.74, 6) is 0.0761. The number of nitrogens with zero attached hydrogens (tertiary/aromatic N) is 2. The molecular formula is C16H16N4O3. The number of carbonyl (C=O) groups is 1. The van der Waals surface area contributed by atoms with Crippen molar-refractivity contribution in [3.63, 3.8) is 0 Å². The number of amides is 1. The van der Waals surface area contributed by atoms with Gasteiger partial charge >= 0.3 is 0 Å². The Morgan fingerprint density at radius 2 is 2.22 bits per heavy atom. The van der Waals surface area contributed by atoms with E-state index in [1.807, 2.05) is 24.3 Å². The molecule has 3 N–H and O–H groups in total. The summed E-state index contributed by atoms with van der Waals surface area (Å²) in [5.41, 5.74) is 7.52. The fourth-order valence-corrected chi connectivity index (χ4v) is 3.01. The number of rotatable bonds is 4. The van der Waals surface area contributed by atoms with Gasteiger partial charge in [-0.1, -0.05) is 12.1 Å². The van der Waals surface area contributed by atoms with Crippen LogP contribution < -0.4 is 11.1 Å². The van der Waals surface area contributed by atoms with E-state index in [0.717, 1.165) is 17.4 Å². The molecule has 2 aromatic heterocycles. The summed E-state index contributed by atoms with van der Waals surface area (Å²) in [5, 5.41) is 4.03. The summed E-state index contributed by atoms with van der Waals surface area (Å²) in [7, 11) is 0. The van der Waals surface area contributed by atoms with Crippen LogP contribution in [0.1, 0.15) is 6.42 Å². The maximum atomic E-state index is 11.8. The summed E-state index contributed by atoms with van der Waals surface area (Å²) in [4.78, 5) is 20.4. The average molecular weight is 312 g/mol. The maximum Gasteiger partial charge on any atom is 0.240 e. The van der Waals surface area contributed by atoms with Crippen molar-refractivity contribution < 1.29 is 13.9 Å². The van der Waals surface area contributed by atoms with E-state index in [9.17, 15) is 4.79 Å². The van der Waals surface area contributed by atoms with Crippen LogP contribution in [0.25, 0.3) is 22.1 Å². The molecule has 3 heterocycles. The summed E-state index contributed by atoms with van der Waals surface area (Å²) >= 11 is 0. The van der Waals surface area contributed by atoms with Gasteiger partial charge in [-0.15, -0.1) is 0 Å². The third-order valence-corrected chi connectivity index (χ3v) is 4.19. The molecule has 2 atom stereocenters. The Labute approximate surface area is 131 Å². The number of nitrogens with one attached hydrogen (secondary N) is 1. The lowest BCUT2D eigenvalue weighted by Gasteiger charge is -2.20. The molecule has 7 heteroatoms. The monoisotopic (exact) mass is 312 g/mol. The third kappa shape index (κ3) is 2.39. The van der Waals surface area contributed by atoms with Crippen molar-refractivity contribution in [2.24, 2.45) is 11.7 Å². The van der Waals surface area contributed by atoms with Crippen LogP contribution in [-0.2, 0) is 9.53 Å².